The largest absolute Gasteiger partial charge is 0.453 e. The van der Waals surface area contributed by atoms with E-state index in [2.05, 4.69) is 77.1 Å². The van der Waals surface area contributed by atoms with Crippen molar-refractivity contribution >= 4 is 48.9 Å². The van der Waals surface area contributed by atoms with Gasteiger partial charge in [0.05, 0.1) is 11.4 Å². The molecule has 1 radical (unpaired) electrons. The van der Waals surface area contributed by atoms with Gasteiger partial charge in [0.15, 0.2) is 11.5 Å². The zero-order valence-corrected chi connectivity index (χ0v) is 27.0. The number of hydrogen-bond acceptors (Lipinski definition) is 4. The second kappa shape index (κ2) is 13.4. The van der Waals surface area contributed by atoms with Crippen LogP contribution in [0.15, 0.2) is 137 Å². The van der Waals surface area contributed by atoms with Gasteiger partial charge in [0.2, 0.25) is 0 Å². The van der Waals surface area contributed by atoms with Gasteiger partial charge < -0.3 is 19.6 Å². The standard InChI is InChI=1S/C23H13Br2N2O.C11H8N.Ir/c24-16-6-10-20-22(13-16)28-23-14-17(25)7-11-21(23)27(20)18-8-4-15(5-9-18)19-3-1-2-12-26-19;1-2-6-10(7-3-1)11-8-4-5-9-12-11;/h1-4,6-14H;1-6,8-9H;/q2*-1;. The molecule has 0 saturated carbocycles. The Morgan fingerprint density at radius 3 is 1.68 bits per heavy atom. The van der Waals surface area contributed by atoms with Crippen molar-refractivity contribution in [2.75, 3.05) is 4.90 Å². The Kier molecular flexibility index (Phi) is 9.42. The van der Waals surface area contributed by atoms with Crippen LogP contribution < -0.4 is 9.64 Å². The first-order valence-corrected chi connectivity index (χ1v) is 14.1. The van der Waals surface area contributed by atoms with Crippen LogP contribution >= 0.6 is 31.9 Å². The van der Waals surface area contributed by atoms with Gasteiger partial charge >= 0.3 is 0 Å². The molecule has 2 aromatic heterocycles. The molecule has 41 heavy (non-hydrogen) atoms. The monoisotopic (exact) mass is 838 g/mol. The van der Waals surface area contributed by atoms with Crippen LogP contribution in [0.1, 0.15) is 0 Å². The molecule has 203 valence electrons. The smallest absolute Gasteiger partial charge is 0.151 e. The Balaban J connectivity index is 0.000000218. The van der Waals surface area contributed by atoms with Crippen LogP contribution in [0.2, 0.25) is 0 Å². The van der Waals surface area contributed by atoms with E-state index in [-0.39, 0.29) is 20.1 Å². The summed E-state index contributed by atoms with van der Waals surface area (Å²) in [5.41, 5.74) is 6.86. The van der Waals surface area contributed by atoms with E-state index in [4.69, 9.17) is 4.74 Å². The van der Waals surface area contributed by atoms with Crippen molar-refractivity contribution in [2.24, 2.45) is 0 Å². The molecule has 0 saturated heterocycles. The molecule has 6 aromatic rings. The summed E-state index contributed by atoms with van der Waals surface area (Å²) in [4.78, 5) is 10.8. The average Bonchev–Trinajstić information content (AvgIpc) is 3.01. The molecular weight excluding hydrogens is 818 g/mol. The third kappa shape index (κ3) is 6.66. The van der Waals surface area contributed by atoms with Crippen LogP contribution in [0.4, 0.5) is 17.1 Å². The van der Waals surface area contributed by atoms with E-state index >= 15 is 0 Å². The number of pyridine rings is 2. The first kappa shape index (κ1) is 28.9. The summed E-state index contributed by atoms with van der Waals surface area (Å²) in [7, 11) is 0. The fourth-order valence-corrected chi connectivity index (χ4v) is 5.03. The number of halogens is 2. The van der Waals surface area contributed by atoms with E-state index in [9.17, 15) is 0 Å². The molecule has 1 aliphatic rings. The van der Waals surface area contributed by atoms with Crippen LogP contribution in [-0.4, -0.2) is 9.97 Å². The van der Waals surface area contributed by atoms with Gasteiger partial charge in [-0.25, -0.2) is 0 Å². The van der Waals surface area contributed by atoms with Crippen LogP contribution in [0.5, 0.6) is 11.5 Å². The normalized spacial score (nSPS) is 11.1. The Bertz CT molecular complexity index is 1650. The minimum atomic E-state index is 0. The summed E-state index contributed by atoms with van der Waals surface area (Å²) in [6, 6.07) is 44.3. The summed E-state index contributed by atoms with van der Waals surface area (Å²) < 4.78 is 8.11. The number of hydrogen-bond donors (Lipinski definition) is 0. The van der Waals surface area contributed by atoms with Crippen LogP contribution in [0.3, 0.4) is 0 Å². The molecule has 0 atom stereocenters. The Morgan fingerprint density at radius 2 is 1.20 bits per heavy atom. The molecule has 0 bridgehead atoms. The van der Waals surface area contributed by atoms with E-state index < -0.39 is 0 Å². The molecule has 0 unspecified atom stereocenters. The number of anilines is 3. The van der Waals surface area contributed by atoms with E-state index in [0.29, 0.717) is 0 Å². The maximum atomic E-state index is 6.16. The van der Waals surface area contributed by atoms with Gasteiger partial charge in [0.1, 0.15) is 0 Å². The van der Waals surface area contributed by atoms with Gasteiger partial charge in [-0.15, -0.1) is 65.7 Å². The van der Waals surface area contributed by atoms with Crippen molar-refractivity contribution in [3.8, 4) is 34.0 Å². The van der Waals surface area contributed by atoms with Gasteiger partial charge in [-0.05, 0) is 65.6 Å². The number of fused-ring (bicyclic) bond motifs is 2. The van der Waals surface area contributed by atoms with E-state index in [1.165, 1.54) is 0 Å². The number of nitrogens with zero attached hydrogens (tertiary/aromatic N) is 3. The number of rotatable bonds is 3. The van der Waals surface area contributed by atoms with Crippen LogP contribution in [0, 0.1) is 12.1 Å². The molecule has 4 aromatic carbocycles. The summed E-state index contributed by atoms with van der Waals surface area (Å²) in [5.74, 6) is 1.60. The SMILES string of the molecule is Brc1ccc2c(c1)Oc1cc(Br)ccc1N2c1c[c-]c(-c2ccccn2)cc1.[Ir].[c-]1ccccc1-c1ccccn1. The number of ether oxygens (including phenoxy) is 1. The number of aromatic nitrogens is 2. The van der Waals surface area contributed by atoms with Gasteiger partial charge in [0, 0.05) is 41.4 Å². The molecule has 0 N–H and O–H groups in total. The first-order valence-electron chi connectivity index (χ1n) is 12.5. The number of benzene rings is 4. The summed E-state index contributed by atoms with van der Waals surface area (Å²) >= 11 is 7.07. The molecule has 0 spiro atoms. The van der Waals surface area contributed by atoms with Crippen LogP contribution in [-0.2, 0) is 20.1 Å². The molecule has 0 fully saturated rings. The van der Waals surface area contributed by atoms with Crippen molar-refractivity contribution < 1.29 is 24.8 Å². The predicted octanol–water partition coefficient (Wildman–Crippen LogP) is 10.2. The topological polar surface area (TPSA) is 38.2 Å². The van der Waals surface area contributed by atoms with Gasteiger partial charge in [0.25, 0.3) is 0 Å². The molecule has 1 aliphatic heterocycles. The summed E-state index contributed by atoms with van der Waals surface area (Å²) in [5, 5.41) is 0. The third-order valence-corrected chi connectivity index (χ3v) is 7.18. The van der Waals surface area contributed by atoms with Crippen molar-refractivity contribution in [3.63, 3.8) is 0 Å². The van der Waals surface area contributed by atoms with Gasteiger partial charge in [-0.3, -0.25) is 0 Å². The van der Waals surface area contributed by atoms with Crippen molar-refractivity contribution in [3.05, 3.63) is 149 Å². The average molecular weight is 840 g/mol. The van der Waals surface area contributed by atoms with Crippen molar-refractivity contribution in [2.45, 2.75) is 0 Å². The van der Waals surface area contributed by atoms with Crippen molar-refractivity contribution in [1.29, 1.82) is 0 Å². The molecule has 3 heterocycles. The van der Waals surface area contributed by atoms with E-state index in [1.54, 1.807) is 12.4 Å². The minimum Gasteiger partial charge on any atom is -0.453 e. The first-order chi connectivity index (χ1) is 19.7. The molecule has 0 aliphatic carbocycles. The molecule has 7 heteroatoms. The van der Waals surface area contributed by atoms with Gasteiger partial charge in [-0.1, -0.05) is 56.1 Å². The minimum absolute atomic E-state index is 0. The molecular formula is C34H21Br2IrN3O-2. The zero-order valence-electron chi connectivity index (χ0n) is 21.5. The molecule has 0 amide bonds. The van der Waals surface area contributed by atoms with Crippen molar-refractivity contribution in [1.82, 2.24) is 9.97 Å². The molecule has 4 nitrogen and oxygen atoms in total. The second-order valence-corrected chi connectivity index (χ2v) is 10.7. The zero-order chi connectivity index (χ0) is 27.3. The van der Waals surface area contributed by atoms with E-state index in [0.717, 1.165) is 60.0 Å². The fraction of sp³-hybridized carbons (Fsp3) is 0. The fourth-order valence-electron chi connectivity index (χ4n) is 4.35. The Labute approximate surface area is 269 Å². The quantitative estimate of drug-likeness (QED) is 0.166. The van der Waals surface area contributed by atoms with E-state index in [1.807, 2.05) is 97.1 Å². The summed E-state index contributed by atoms with van der Waals surface area (Å²) in [6.07, 6.45) is 3.58. The second-order valence-electron chi connectivity index (χ2n) is 8.83. The maximum Gasteiger partial charge on any atom is 0.151 e. The molecule has 7 rings (SSSR count). The summed E-state index contributed by atoms with van der Waals surface area (Å²) in [6.45, 7) is 0. The predicted molar refractivity (Wildman–Crippen MR) is 167 cm³/mol. The Morgan fingerprint density at radius 1 is 0.610 bits per heavy atom. The Hall–Kier alpha value is -3.61. The third-order valence-electron chi connectivity index (χ3n) is 6.19. The van der Waals surface area contributed by atoms with Crippen LogP contribution in [0.25, 0.3) is 22.5 Å². The maximum absolute atomic E-state index is 6.16. The van der Waals surface area contributed by atoms with Gasteiger partial charge in [-0.2, -0.15) is 0 Å².